The summed E-state index contributed by atoms with van der Waals surface area (Å²) in [7, 11) is 1.32. The number of methoxy groups -OCH3 is 1. The number of hydrogen-bond donors (Lipinski definition) is 0. The molecular formula is C22H20O4. The van der Waals surface area contributed by atoms with Crippen LogP contribution in [-0.2, 0) is 16.1 Å². The van der Waals surface area contributed by atoms with Crippen molar-refractivity contribution in [3.05, 3.63) is 81.7 Å². The molecule has 0 bridgehead atoms. The van der Waals surface area contributed by atoms with Crippen LogP contribution >= 0.6 is 0 Å². The highest BCUT2D eigenvalue weighted by Crippen LogP contribution is 2.14. The maximum Gasteiger partial charge on any atom is 0.337 e. The molecule has 3 rings (SSSR count). The summed E-state index contributed by atoms with van der Waals surface area (Å²) in [5.74, 6) is -0.595. The number of fused-ring (bicyclic) bond motifs is 1. The van der Waals surface area contributed by atoms with E-state index in [2.05, 4.69) is 6.58 Å². The van der Waals surface area contributed by atoms with Gasteiger partial charge in [-0.3, -0.25) is 4.79 Å². The molecular weight excluding hydrogens is 328 g/mol. The lowest BCUT2D eigenvalue weighted by Gasteiger charge is -2.19. The van der Waals surface area contributed by atoms with Gasteiger partial charge in [-0.2, -0.15) is 0 Å². The van der Waals surface area contributed by atoms with Gasteiger partial charge in [-0.05, 0) is 52.8 Å². The Kier molecular flexibility index (Phi) is 5.14. The van der Waals surface area contributed by atoms with Gasteiger partial charge in [0, 0.05) is 5.56 Å². The number of ketones is 1. The van der Waals surface area contributed by atoms with Crippen molar-refractivity contribution in [2.24, 2.45) is 0 Å². The van der Waals surface area contributed by atoms with Crippen LogP contribution in [0.25, 0.3) is 12.2 Å². The largest absolute Gasteiger partial charge is 0.465 e. The molecule has 0 spiro atoms. The first-order chi connectivity index (χ1) is 12.5. The van der Waals surface area contributed by atoms with E-state index in [4.69, 9.17) is 9.47 Å². The van der Waals surface area contributed by atoms with E-state index in [0.29, 0.717) is 17.7 Å². The molecule has 1 unspecified atom stereocenters. The number of hydrogen-bond acceptors (Lipinski definition) is 4. The monoisotopic (exact) mass is 348 g/mol. The molecule has 4 heteroatoms. The third-order valence-electron chi connectivity index (χ3n) is 4.31. The quantitative estimate of drug-likeness (QED) is 0.615. The van der Waals surface area contributed by atoms with E-state index in [9.17, 15) is 9.59 Å². The highest BCUT2D eigenvalue weighted by Gasteiger charge is 2.18. The minimum atomic E-state index is -0.475. The van der Waals surface area contributed by atoms with Crippen LogP contribution in [0.3, 0.4) is 0 Å². The number of esters is 1. The molecule has 0 amide bonds. The maximum absolute atomic E-state index is 12.1. The minimum Gasteiger partial charge on any atom is -0.465 e. The molecule has 1 aliphatic rings. The molecule has 2 aromatic rings. The number of carbonyl (C=O) groups excluding carboxylic acids is 2. The van der Waals surface area contributed by atoms with E-state index in [1.165, 1.54) is 14.0 Å². The second-order valence-electron chi connectivity index (χ2n) is 6.18. The molecule has 0 aliphatic heterocycles. The highest BCUT2D eigenvalue weighted by atomic mass is 16.5. The number of ether oxygens (including phenoxy) is 2. The van der Waals surface area contributed by atoms with Gasteiger partial charge in [0.2, 0.25) is 0 Å². The number of Topliss-reactive ketones (excluding diaryl/α,β-unsaturated/α-hetero) is 1. The van der Waals surface area contributed by atoms with Crippen molar-refractivity contribution in [3.8, 4) is 0 Å². The molecule has 0 saturated heterocycles. The average Bonchev–Trinajstić information content (AvgIpc) is 2.65. The zero-order chi connectivity index (χ0) is 18.7. The Morgan fingerprint density at radius 1 is 1.15 bits per heavy atom. The number of rotatable bonds is 5. The summed E-state index contributed by atoms with van der Waals surface area (Å²) in [6.07, 6.45) is 3.41. The maximum atomic E-state index is 12.1. The third-order valence-corrected chi connectivity index (χ3v) is 4.31. The normalized spacial score (nSPS) is 15.5. The van der Waals surface area contributed by atoms with Gasteiger partial charge in [0.05, 0.1) is 19.3 Å². The summed E-state index contributed by atoms with van der Waals surface area (Å²) in [6.45, 7) is 5.99. The van der Waals surface area contributed by atoms with Crippen LogP contribution in [0, 0.1) is 0 Å². The zero-order valence-corrected chi connectivity index (χ0v) is 14.8. The fraction of sp³-hybridized carbons (Fsp3) is 0.182. The standard InChI is InChI=1S/C22H20O4/c1-14-9-17-10-18(22(24)25-3)11-19(15(2)23)20(17)12-21(14)26-13-16-7-5-4-6-8-16/h4-12,21H,1,13H2,2-3H3. The van der Waals surface area contributed by atoms with Crippen molar-refractivity contribution in [3.63, 3.8) is 0 Å². The zero-order valence-electron chi connectivity index (χ0n) is 14.8. The molecule has 2 aromatic carbocycles. The molecule has 1 aliphatic carbocycles. The first-order valence-electron chi connectivity index (χ1n) is 8.31. The van der Waals surface area contributed by atoms with E-state index >= 15 is 0 Å². The van der Waals surface area contributed by atoms with Crippen molar-refractivity contribution in [1.82, 2.24) is 0 Å². The van der Waals surface area contributed by atoms with E-state index in [0.717, 1.165) is 21.6 Å². The van der Waals surface area contributed by atoms with Crippen LogP contribution in [0.5, 0.6) is 0 Å². The fourth-order valence-electron chi connectivity index (χ4n) is 2.96. The predicted octanol–water partition coefficient (Wildman–Crippen LogP) is 2.39. The molecule has 1 atom stereocenters. The Balaban J connectivity index is 2.00. The molecule has 26 heavy (non-hydrogen) atoms. The van der Waals surface area contributed by atoms with Gasteiger partial charge in [-0.1, -0.05) is 36.9 Å². The topological polar surface area (TPSA) is 52.6 Å². The summed E-state index contributed by atoms with van der Waals surface area (Å²) in [6, 6.07) is 13.1. The van der Waals surface area contributed by atoms with Crippen LogP contribution in [0.4, 0.5) is 0 Å². The summed E-state index contributed by atoms with van der Waals surface area (Å²) < 4.78 is 10.8. The number of benzene rings is 2. The van der Waals surface area contributed by atoms with Crippen molar-refractivity contribution in [2.75, 3.05) is 7.11 Å². The van der Waals surface area contributed by atoms with Crippen LogP contribution in [-0.4, -0.2) is 25.0 Å². The van der Waals surface area contributed by atoms with Gasteiger partial charge in [-0.25, -0.2) is 4.79 Å². The fourth-order valence-corrected chi connectivity index (χ4v) is 2.96. The summed E-state index contributed by atoms with van der Waals surface area (Å²) in [4.78, 5) is 24.0. The minimum absolute atomic E-state index is 0.119. The van der Waals surface area contributed by atoms with Crippen LogP contribution in [0.1, 0.15) is 33.2 Å². The van der Waals surface area contributed by atoms with Gasteiger partial charge >= 0.3 is 5.97 Å². The smallest absolute Gasteiger partial charge is 0.337 e. The summed E-state index contributed by atoms with van der Waals surface area (Å²) >= 11 is 0. The summed E-state index contributed by atoms with van der Waals surface area (Å²) in [5, 5.41) is 1.53. The van der Waals surface area contributed by atoms with Gasteiger partial charge in [0.15, 0.2) is 5.78 Å². The highest BCUT2D eigenvalue weighted by molar-refractivity contribution is 5.98. The summed E-state index contributed by atoms with van der Waals surface area (Å²) in [5.41, 5.74) is 2.65. The lowest BCUT2D eigenvalue weighted by molar-refractivity contribution is 0.0600. The Morgan fingerprint density at radius 3 is 2.54 bits per heavy atom. The molecule has 0 radical (unpaired) electrons. The van der Waals surface area contributed by atoms with Gasteiger partial charge in [0.1, 0.15) is 6.10 Å². The molecule has 0 saturated carbocycles. The molecule has 0 heterocycles. The lowest BCUT2D eigenvalue weighted by Crippen LogP contribution is -2.37. The van der Waals surface area contributed by atoms with E-state index in [1.54, 1.807) is 12.1 Å². The van der Waals surface area contributed by atoms with E-state index in [1.807, 2.05) is 42.5 Å². The van der Waals surface area contributed by atoms with Gasteiger partial charge in [-0.15, -0.1) is 0 Å². The first kappa shape index (κ1) is 17.8. The molecule has 0 N–H and O–H groups in total. The predicted molar refractivity (Wildman–Crippen MR) is 100 cm³/mol. The average molecular weight is 348 g/mol. The third kappa shape index (κ3) is 3.65. The van der Waals surface area contributed by atoms with Crippen molar-refractivity contribution in [2.45, 2.75) is 19.6 Å². The molecule has 132 valence electrons. The van der Waals surface area contributed by atoms with E-state index < -0.39 is 5.97 Å². The van der Waals surface area contributed by atoms with Gasteiger partial charge in [0.25, 0.3) is 0 Å². The van der Waals surface area contributed by atoms with Gasteiger partial charge < -0.3 is 9.47 Å². The van der Waals surface area contributed by atoms with E-state index in [-0.39, 0.29) is 11.9 Å². The first-order valence-corrected chi connectivity index (χ1v) is 8.31. The Morgan fingerprint density at radius 2 is 1.88 bits per heavy atom. The van der Waals surface area contributed by atoms with Crippen LogP contribution in [0.2, 0.25) is 0 Å². The van der Waals surface area contributed by atoms with Crippen molar-refractivity contribution >= 4 is 23.9 Å². The number of carbonyl (C=O) groups is 2. The second-order valence-corrected chi connectivity index (χ2v) is 6.18. The van der Waals surface area contributed by atoms with Crippen LogP contribution in [0.15, 0.2) is 54.6 Å². The Bertz CT molecular complexity index is 987. The van der Waals surface area contributed by atoms with Crippen molar-refractivity contribution < 1.29 is 19.1 Å². The van der Waals surface area contributed by atoms with Crippen molar-refractivity contribution in [1.29, 1.82) is 0 Å². The lowest BCUT2D eigenvalue weighted by atomic mass is 9.95. The Hall–Kier alpha value is -2.98. The second kappa shape index (κ2) is 7.50. The molecule has 0 fully saturated rings. The SMILES string of the molecule is C=C1C=c2cc(C(=O)OC)cc(C(C)=O)c2=CC1OCc1ccccc1. The van der Waals surface area contributed by atoms with Crippen LogP contribution < -0.4 is 10.4 Å². The molecule has 0 aromatic heterocycles. The molecule has 4 nitrogen and oxygen atoms in total. The Labute approximate surface area is 152 Å².